The van der Waals surface area contributed by atoms with Crippen LogP contribution in [0.15, 0.2) is 17.1 Å². The second-order valence-corrected chi connectivity index (χ2v) is 4.86. The Hall–Kier alpha value is -1.36. The van der Waals surface area contributed by atoms with Gasteiger partial charge >= 0.3 is 0 Å². The fourth-order valence-corrected chi connectivity index (χ4v) is 1.87. The zero-order valence-electron chi connectivity index (χ0n) is 10.6. The number of aromatic nitrogens is 2. The first kappa shape index (κ1) is 13.1. The van der Waals surface area contributed by atoms with Crippen molar-refractivity contribution in [3.63, 3.8) is 0 Å². The predicted molar refractivity (Wildman–Crippen MR) is 70.7 cm³/mol. The summed E-state index contributed by atoms with van der Waals surface area (Å²) in [6.07, 6.45) is 7.91. The van der Waals surface area contributed by atoms with Crippen molar-refractivity contribution < 1.29 is 5.11 Å². The maximum absolute atomic E-state index is 11.8. The Morgan fingerprint density at radius 3 is 2.78 bits per heavy atom. The summed E-state index contributed by atoms with van der Waals surface area (Å²) in [7, 11) is 0. The maximum atomic E-state index is 11.8. The summed E-state index contributed by atoms with van der Waals surface area (Å²) in [6.45, 7) is 0.910. The smallest absolute Gasteiger partial charge is 0.268 e. The van der Waals surface area contributed by atoms with Crippen molar-refractivity contribution in [2.45, 2.75) is 51.1 Å². The molecule has 0 radical (unpaired) electrons. The zero-order valence-corrected chi connectivity index (χ0v) is 10.6. The highest BCUT2D eigenvalue weighted by atomic mass is 16.2. The molecule has 5 nitrogen and oxygen atoms in total. The van der Waals surface area contributed by atoms with E-state index < -0.39 is 0 Å². The average Bonchev–Trinajstić information content (AvgIpc) is 3.15. The van der Waals surface area contributed by atoms with Crippen LogP contribution in [-0.4, -0.2) is 27.5 Å². The maximum Gasteiger partial charge on any atom is 0.268 e. The minimum absolute atomic E-state index is 0.0391. The standard InChI is InChI=1S/C13H21N3O2/c17-8-4-2-1-3-7-16-13(18)9-12(10-14-16)15-11-5-6-11/h9-11,15,17H,1-8H2. The van der Waals surface area contributed by atoms with Crippen molar-refractivity contribution in [1.29, 1.82) is 0 Å². The van der Waals surface area contributed by atoms with Crippen LogP contribution in [0.5, 0.6) is 0 Å². The van der Waals surface area contributed by atoms with Gasteiger partial charge in [-0.25, -0.2) is 4.68 Å². The van der Waals surface area contributed by atoms with E-state index in [0.717, 1.165) is 31.4 Å². The van der Waals surface area contributed by atoms with Crippen LogP contribution in [0.1, 0.15) is 38.5 Å². The zero-order chi connectivity index (χ0) is 12.8. The highest BCUT2D eigenvalue weighted by molar-refractivity contribution is 5.41. The Balaban J connectivity index is 1.79. The second-order valence-electron chi connectivity index (χ2n) is 4.86. The third kappa shape index (κ3) is 4.14. The van der Waals surface area contributed by atoms with Gasteiger partial charge in [-0.2, -0.15) is 5.10 Å². The highest BCUT2D eigenvalue weighted by Gasteiger charge is 2.20. The van der Waals surface area contributed by atoms with Gasteiger partial charge in [-0.3, -0.25) is 4.79 Å². The second kappa shape index (κ2) is 6.54. The lowest BCUT2D eigenvalue weighted by Crippen LogP contribution is -2.22. The SMILES string of the molecule is O=c1cc(NC2CC2)cnn1CCCCCCO. The molecular weight excluding hydrogens is 230 g/mol. The van der Waals surface area contributed by atoms with E-state index in [4.69, 9.17) is 5.11 Å². The molecule has 0 aromatic carbocycles. The molecule has 0 saturated heterocycles. The topological polar surface area (TPSA) is 67.2 Å². The van der Waals surface area contributed by atoms with Gasteiger partial charge in [0, 0.05) is 25.3 Å². The van der Waals surface area contributed by atoms with Crippen molar-refractivity contribution in [3.8, 4) is 0 Å². The van der Waals surface area contributed by atoms with E-state index >= 15 is 0 Å². The summed E-state index contributed by atoms with van der Waals surface area (Å²) in [4.78, 5) is 11.8. The number of unbranched alkanes of at least 4 members (excludes halogenated alkanes) is 3. The molecule has 0 atom stereocenters. The Morgan fingerprint density at radius 1 is 1.33 bits per heavy atom. The van der Waals surface area contributed by atoms with Gasteiger partial charge in [0.2, 0.25) is 0 Å². The molecule has 2 rings (SSSR count). The van der Waals surface area contributed by atoms with Crippen LogP contribution < -0.4 is 10.9 Å². The fraction of sp³-hybridized carbons (Fsp3) is 0.692. The van der Waals surface area contributed by atoms with Gasteiger partial charge in [-0.15, -0.1) is 0 Å². The molecule has 1 fully saturated rings. The van der Waals surface area contributed by atoms with Crippen molar-refractivity contribution in [2.24, 2.45) is 0 Å². The van der Waals surface area contributed by atoms with Crippen LogP contribution in [0.2, 0.25) is 0 Å². The van der Waals surface area contributed by atoms with E-state index in [-0.39, 0.29) is 12.2 Å². The third-order valence-corrected chi connectivity index (χ3v) is 3.10. The van der Waals surface area contributed by atoms with E-state index in [9.17, 15) is 4.79 Å². The van der Waals surface area contributed by atoms with Crippen LogP contribution in [0.3, 0.4) is 0 Å². The predicted octanol–water partition coefficient (Wildman–Crippen LogP) is 1.37. The quantitative estimate of drug-likeness (QED) is 0.685. The van der Waals surface area contributed by atoms with Crippen LogP contribution in [0.25, 0.3) is 0 Å². The minimum Gasteiger partial charge on any atom is -0.396 e. The first-order valence-electron chi connectivity index (χ1n) is 6.74. The summed E-state index contributed by atoms with van der Waals surface area (Å²) < 4.78 is 1.51. The first-order valence-corrected chi connectivity index (χ1v) is 6.74. The number of nitrogens with one attached hydrogen (secondary N) is 1. The van der Waals surface area contributed by atoms with Gasteiger partial charge in [-0.1, -0.05) is 12.8 Å². The van der Waals surface area contributed by atoms with E-state index in [1.54, 1.807) is 12.3 Å². The number of anilines is 1. The molecule has 1 heterocycles. The number of aliphatic hydroxyl groups excluding tert-OH is 1. The van der Waals surface area contributed by atoms with Crippen LogP contribution in [0, 0.1) is 0 Å². The molecular formula is C13H21N3O2. The van der Waals surface area contributed by atoms with Crippen molar-refractivity contribution in [3.05, 3.63) is 22.6 Å². The summed E-state index contributed by atoms with van der Waals surface area (Å²) in [5.41, 5.74) is 0.793. The molecule has 1 aromatic rings. The molecule has 1 aromatic heterocycles. The molecule has 0 amide bonds. The monoisotopic (exact) mass is 251 g/mol. The summed E-state index contributed by atoms with van der Waals surface area (Å²) >= 11 is 0. The van der Waals surface area contributed by atoms with Crippen LogP contribution in [-0.2, 0) is 6.54 Å². The molecule has 2 N–H and O–H groups in total. The Labute approximate surface area is 107 Å². The van der Waals surface area contributed by atoms with Gasteiger partial charge in [0.1, 0.15) is 0 Å². The Bertz CT molecular complexity index is 426. The van der Waals surface area contributed by atoms with Crippen molar-refractivity contribution in [1.82, 2.24) is 9.78 Å². The normalized spacial score (nSPS) is 14.7. The molecule has 1 saturated carbocycles. The number of aliphatic hydroxyl groups is 1. The third-order valence-electron chi connectivity index (χ3n) is 3.10. The average molecular weight is 251 g/mol. The van der Waals surface area contributed by atoms with Gasteiger partial charge in [0.25, 0.3) is 5.56 Å². The molecule has 1 aliphatic rings. The minimum atomic E-state index is -0.0391. The molecule has 0 aliphatic heterocycles. The lowest BCUT2D eigenvalue weighted by atomic mass is 10.2. The van der Waals surface area contributed by atoms with Crippen molar-refractivity contribution >= 4 is 5.69 Å². The lowest BCUT2D eigenvalue weighted by molar-refractivity contribution is 0.282. The van der Waals surface area contributed by atoms with E-state index in [1.165, 1.54) is 17.5 Å². The van der Waals surface area contributed by atoms with Crippen LogP contribution >= 0.6 is 0 Å². The molecule has 18 heavy (non-hydrogen) atoms. The lowest BCUT2D eigenvalue weighted by Gasteiger charge is -2.07. The van der Waals surface area contributed by atoms with Crippen LogP contribution in [0.4, 0.5) is 5.69 Å². The molecule has 5 heteroatoms. The van der Waals surface area contributed by atoms with Gasteiger partial charge in [-0.05, 0) is 25.7 Å². The van der Waals surface area contributed by atoms with E-state index in [1.807, 2.05) is 0 Å². The van der Waals surface area contributed by atoms with Crippen molar-refractivity contribution in [2.75, 3.05) is 11.9 Å². The summed E-state index contributed by atoms with van der Waals surface area (Å²) in [5.74, 6) is 0. The first-order chi connectivity index (χ1) is 8.79. The number of aryl methyl sites for hydroxylation is 1. The summed E-state index contributed by atoms with van der Waals surface area (Å²) in [6, 6.07) is 2.17. The van der Waals surface area contributed by atoms with E-state index in [2.05, 4.69) is 10.4 Å². The molecule has 1 aliphatic carbocycles. The molecule has 0 spiro atoms. The highest BCUT2D eigenvalue weighted by Crippen LogP contribution is 2.23. The number of rotatable bonds is 8. The number of nitrogens with zero attached hydrogens (tertiary/aromatic N) is 2. The molecule has 0 bridgehead atoms. The largest absolute Gasteiger partial charge is 0.396 e. The fourth-order valence-electron chi connectivity index (χ4n) is 1.87. The molecule has 0 unspecified atom stereocenters. The summed E-state index contributed by atoms with van der Waals surface area (Å²) in [5, 5.41) is 16.1. The van der Waals surface area contributed by atoms with Gasteiger partial charge < -0.3 is 10.4 Å². The Morgan fingerprint density at radius 2 is 2.11 bits per heavy atom. The number of hydrogen-bond donors (Lipinski definition) is 2. The van der Waals surface area contributed by atoms with Gasteiger partial charge in [0.05, 0.1) is 11.9 Å². The van der Waals surface area contributed by atoms with Gasteiger partial charge in [0.15, 0.2) is 0 Å². The molecule has 100 valence electrons. The van der Waals surface area contributed by atoms with E-state index in [0.29, 0.717) is 12.6 Å². The Kier molecular flexibility index (Phi) is 4.75. The number of hydrogen-bond acceptors (Lipinski definition) is 4.